The molecular weight excluding hydrogens is 228 g/mol. The second-order valence-corrected chi connectivity index (χ2v) is 5.55. The zero-order chi connectivity index (χ0) is 13.6. The van der Waals surface area contributed by atoms with Crippen LogP contribution in [0.5, 0.6) is 0 Å². The summed E-state index contributed by atoms with van der Waals surface area (Å²) in [6.07, 6.45) is 3.34. The molecule has 1 heterocycles. The predicted octanol–water partition coefficient (Wildman–Crippen LogP) is 1.79. The van der Waals surface area contributed by atoms with E-state index in [-0.39, 0.29) is 17.6 Å². The lowest BCUT2D eigenvalue weighted by atomic mass is 10.0. The molecule has 0 aliphatic carbocycles. The molecule has 106 valence electrons. The molecule has 0 aromatic rings. The van der Waals surface area contributed by atoms with E-state index in [0.717, 1.165) is 26.1 Å². The Bertz CT molecular complexity index is 267. The normalized spacial score (nSPS) is 20.9. The van der Waals surface area contributed by atoms with Gasteiger partial charge in [-0.25, -0.2) is 0 Å². The number of rotatable bonds is 7. The Morgan fingerprint density at radius 2 is 2.17 bits per heavy atom. The van der Waals surface area contributed by atoms with Crippen LogP contribution in [0.25, 0.3) is 0 Å². The molecule has 1 rings (SSSR count). The topological polar surface area (TPSA) is 41.6 Å². The molecule has 0 bridgehead atoms. The SMILES string of the molecule is CCNC(CCN1CCCC1(C)C)C(=O)OCC. The van der Waals surface area contributed by atoms with Crippen LogP contribution in [0.2, 0.25) is 0 Å². The fourth-order valence-electron chi connectivity index (χ4n) is 2.66. The molecule has 0 amide bonds. The van der Waals surface area contributed by atoms with Crippen molar-refractivity contribution in [1.82, 2.24) is 10.2 Å². The van der Waals surface area contributed by atoms with Crippen molar-refractivity contribution in [2.45, 2.75) is 58.5 Å². The lowest BCUT2D eigenvalue weighted by Gasteiger charge is -2.32. The quantitative estimate of drug-likeness (QED) is 0.705. The van der Waals surface area contributed by atoms with Crippen LogP contribution in [0.4, 0.5) is 0 Å². The maximum absolute atomic E-state index is 11.8. The summed E-state index contributed by atoms with van der Waals surface area (Å²) in [5.74, 6) is -0.114. The number of carbonyl (C=O) groups is 1. The molecule has 0 aromatic carbocycles. The molecule has 1 saturated heterocycles. The van der Waals surface area contributed by atoms with Crippen LogP contribution in [-0.4, -0.2) is 48.7 Å². The first kappa shape index (κ1) is 15.4. The van der Waals surface area contributed by atoms with Crippen LogP contribution in [0.15, 0.2) is 0 Å². The van der Waals surface area contributed by atoms with Crippen molar-refractivity contribution in [2.75, 3.05) is 26.2 Å². The Balaban J connectivity index is 2.44. The van der Waals surface area contributed by atoms with Crippen LogP contribution < -0.4 is 5.32 Å². The van der Waals surface area contributed by atoms with Gasteiger partial charge < -0.3 is 10.1 Å². The van der Waals surface area contributed by atoms with Gasteiger partial charge in [-0.05, 0) is 53.1 Å². The summed E-state index contributed by atoms with van der Waals surface area (Å²) in [6.45, 7) is 11.8. The van der Waals surface area contributed by atoms with Gasteiger partial charge in [-0.1, -0.05) is 6.92 Å². The van der Waals surface area contributed by atoms with Crippen molar-refractivity contribution in [3.63, 3.8) is 0 Å². The highest BCUT2D eigenvalue weighted by atomic mass is 16.5. The fourth-order valence-corrected chi connectivity index (χ4v) is 2.66. The van der Waals surface area contributed by atoms with Crippen molar-refractivity contribution >= 4 is 5.97 Å². The van der Waals surface area contributed by atoms with Crippen LogP contribution in [0, 0.1) is 0 Å². The molecule has 1 aliphatic rings. The minimum Gasteiger partial charge on any atom is -0.465 e. The van der Waals surface area contributed by atoms with E-state index < -0.39 is 0 Å². The maximum atomic E-state index is 11.8. The summed E-state index contributed by atoms with van der Waals surface area (Å²) in [5, 5.41) is 3.22. The monoisotopic (exact) mass is 256 g/mol. The van der Waals surface area contributed by atoms with Gasteiger partial charge >= 0.3 is 5.97 Å². The largest absolute Gasteiger partial charge is 0.465 e. The number of esters is 1. The number of carbonyl (C=O) groups excluding carboxylic acids is 1. The van der Waals surface area contributed by atoms with Crippen molar-refractivity contribution in [3.8, 4) is 0 Å². The molecular formula is C14H28N2O2. The maximum Gasteiger partial charge on any atom is 0.323 e. The number of likely N-dealkylation sites (tertiary alicyclic amines) is 1. The highest BCUT2D eigenvalue weighted by Crippen LogP contribution is 2.28. The molecule has 0 radical (unpaired) electrons. The third-order valence-electron chi connectivity index (χ3n) is 3.78. The second-order valence-electron chi connectivity index (χ2n) is 5.55. The first-order valence-electron chi connectivity index (χ1n) is 7.16. The lowest BCUT2D eigenvalue weighted by Crippen LogP contribution is -2.44. The van der Waals surface area contributed by atoms with Gasteiger partial charge in [-0.3, -0.25) is 9.69 Å². The van der Waals surface area contributed by atoms with E-state index in [1.54, 1.807) is 0 Å². The van der Waals surface area contributed by atoms with Crippen LogP contribution in [0.3, 0.4) is 0 Å². The van der Waals surface area contributed by atoms with Crippen molar-refractivity contribution in [1.29, 1.82) is 0 Å². The van der Waals surface area contributed by atoms with E-state index in [9.17, 15) is 4.79 Å². The predicted molar refractivity (Wildman–Crippen MR) is 73.6 cm³/mol. The number of likely N-dealkylation sites (N-methyl/N-ethyl adjacent to an activating group) is 1. The number of nitrogens with one attached hydrogen (secondary N) is 1. The Morgan fingerprint density at radius 3 is 2.67 bits per heavy atom. The third-order valence-corrected chi connectivity index (χ3v) is 3.78. The third kappa shape index (κ3) is 4.25. The standard InChI is InChI=1S/C14H28N2O2/c1-5-15-12(13(17)18-6-2)8-11-16-10-7-9-14(16,3)4/h12,15H,5-11H2,1-4H3. The van der Waals surface area contributed by atoms with Gasteiger partial charge in [0.25, 0.3) is 0 Å². The van der Waals surface area contributed by atoms with Crippen molar-refractivity contribution in [3.05, 3.63) is 0 Å². The highest BCUT2D eigenvalue weighted by Gasteiger charge is 2.32. The minimum atomic E-state index is -0.161. The molecule has 0 spiro atoms. The zero-order valence-electron chi connectivity index (χ0n) is 12.3. The molecule has 1 fully saturated rings. The molecule has 0 aromatic heterocycles. The van der Waals surface area contributed by atoms with Crippen molar-refractivity contribution < 1.29 is 9.53 Å². The molecule has 1 unspecified atom stereocenters. The van der Waals surface area contributed by atoms with E-state index in [1.807, 2.05) is 13.8 Å². The number of hydrogen-bond donors (Lipinski definition) is 1. The van der Waals surface area contributed by atoms with Crippen LogP contribution in [-0.2, 0) is 9.53 Å². The Hall–Kier alpha value is -0.610. The zero-order valence-corrected chi connectivity index (χ0v) is 12.3. The summed E-state index contributed by atoms with van der Waals surface area (Å²) in [4.78, 5) is 14.3. The fraction of sp³-hybridized carbons (Fsp3) is 0.929. The van der Waals surface area contributed by atoms with Crippen LogP contribution in [0.1, 0.15) is 47.0 Å². The van der Waals surface area contributed by atoms with Gasteiger partial charge in [0.1, 0.15) is 6.04 Å². The first-order valence-corrected chi connectivity index (χ1v) is 7.16. The summed E-state index contributed by atoms with van der Waals surface area (Å²) in [6, 6.07) is -0.161. The number of hydrogen-bond acceptors (Lipinski definition) is 4. The summed E-state index contributed by atoms with van der Waals surface area (Å²) >= 11 is 0. The highest BCUT2D eigenvalue weighted by molar-refractivity contribution is 5.75. The Morgan fingerprint density at radius 1 is 1.44 bits per heavy atom. The Labute approximate surface area is 111 Å². The molecule has 1 N–H and O–H groups in total. The van der Waals surface area contributed by atoms with E-state index in [4.69, 9.17) is 4.74 Å². The van der Waals surface area contributed by atoms with Gasteiger partial charge in [-0.15, -0.1) is 0 Å². The first-order chi connectivity index (χ1) is 8.51. The lowest BCUT2D eigenvalue weighted by molar-refractivity contribution is -0.146. The van der Waals surface area contributed by atoms with E-state index in [2.05, 4.69) is 24.1 Å². The second kappa shape index (κ2) is 7.10. The van der Waals surface area contributed by atoms with Gasteiger partial charge in [-0.2, -0.15) is 0 Å². The average Bonchev–Trinajstić information content (AvgIpc) is 2.64. The average molecular weight is 256 g/mol. The van der Waals surface area contributed by atoms with E-state index in [0.29, 0.717) is 6.61 Å². The molecule has 4 nitrogen and oxygen atoms in total. The summed E-state index contributed by atoms with van der Waals surface area (Å²) in [5.41, 5.74) is 0.283. The molecule has 18 heavy (non-hydrogen) atoms. The van der Waals surface area contributed by atoms with Gasteiger partial charge in [0.15, 0.2) is 0 Å². The van der Waals surface area contributed by atoms with Gasteiger partial charge in [0, 0.05) is 12.1 Å². The molecule has 0 saturated carbocycles. The smallest absolute Gasteiger partial charge is 0.323 e. The summed E-state index contributed by atoms with van der Waals surface area (Å²) < 4.78 is 5.10. The van der Waals surface area contributed by atoms with E-state index >= 15 is 0 Å². The van der Waals surface area contributed by atoms with E-state index in [1.165, 1.54) is 12.8 Å². The van der Waals surface area contributed by atoms with Crippen LogP contribution >= 0.6 is 0 Å². The Kier molecular flexibility index (Phi) is 6.09. The summed E-state index contributed by atoms with van der Waals surface area (Å²) in [7, 11) is 0. The minimum absolute atomic E-state index is 0.114. The molecule has 1 atom stereocenters. The number of nitrogens with zero attached hydrogens (tertiary/aromatic N) is 1. The molecule has 1 aliphatic heterocycles. The van der Waals surface area contributed by atoms with Gasteiger partial charge in [0.05, 0.1) is 6.61 Å². The number of ether oxygens (including phenoxy) is 1. The molecule has 4 heteroatoms. The van der Waals surface area contributed by atoms with Gasteiger partial charge in [0.2, 0.25) is 0 Å². The van der Waals surface area contributed by atoms with Crippen molar-refractivity contribution in [2.24, 2.45) is 0 Å².